The van der Waals surface area contributed by atoms with E-state index in [0.29, 0.717) is 13.2 Å². The highest BCUT2D eigenvalue weighted by Crippen LogP contribution is 2.39. The highest BCUT2D eigenvalue weighted by atomic mass is 16.7. The topological polar surface area (TPSA) is 93.2 Å². The van der Waals surface area contributed by atoms with Crippen LogP contribution >= 0.6 is 0 Å². The summed E-state index contributed by atoms with van der Waals surface area (Å²) in [6.45, 7) is 19.7. The molecule has 0 aliphatic carbocycles. The fourth-order valence-corrected chi connectivity index (χ4v) is 5.50. The van der Waals surface area contributed by atoms with E-state index < -0.39 is 23.9 Å². The highest BCUT2D eigenvalue weighted by molar-refractivity contribution is 6.62. The van der Waals surface area contributed by atoms with Crippen LogP contribution in [0.2, 0.25) is 0 Å². The first-order valence-corrected chi connectivity index (χ1v) is 16.5. The van der Waals surface area contributed by atoms with Gasteiger partial charge in [-0.05, 0) is 104 Å². The van der Waals surface area contributed by atoms with Crippen molar-refractivity contribution in [3.63, 3.8) is 0 Å². The lowest BCUT2D eigenvalue weighted by atomic mass is 9.77. The normalized spacial score (nSPS) is 15.9. The van der Waals surface area contributed by atoms with Gasteiger partial charge in [-0.1, -0.05) is 18.2 Å². The Bertz CT molecular complexity index is 1730. The number of benzene rings is 3. The average Bonchev–Trinajstić information content (AvgIpc) is 3.24. The molecule has 5 rings (SSSR count). The van der Waals surface area contributed by atoms with Gasteiger partial charge in [-0.15, -0.1) is 0 Å². The third kappa shape index (κ3) is 8.05. The number of fused-ring (bicyclic) bond motifs is 1. The van der Waals surface area contributed by atoms with Gasteiger partial charge in [-0.3, -0.25) is 0 Å². The van der Waals surface area contributed by atoms with Crippen LogP contribution in [0.25, 0.3) is 22.0 Å². The SMILES string of the molecule is COc1ccc(CNc2cnnc3cc(-c4cc(B5OC(C)(C)C(C)(C)O5)ccc4OC(C)(C)CCOC(C)(C)C)ccc23)c(OC)c1. The molecule has 0 unspecified atom stereocenters. The lowest BCUT2D eigenvalue weighted by molar-refractivity contribution is -0.0291. The minimum absolute atomic E-state index is 0.216. The van der Waals surface area contributed by atoms with Crippen LogP contribution in [-0.2, 0) is 20.6 Å². The van der Waals surface area contributed by atoms with Crippen LogP contribution in [0, 0.1) is 0 Å². The zero-order chi connectivity index (χ0) is 34.9. The van der Waals surface area contributed by atoms with E-state index >= 15 is 0 Å². The Kier molecular flexibility index (Phi) is 10.0. The summed E-state index contributed by atoms with van der Waals surface area (Å²) in [6, 6.07) is 18.1. The zero-order valence-electron chi connectivity index (χ0n) is 30.3. The molecule has 0 spiro atoms. The van der Waals surface area contributed by atoms with E-state index in [1.807, 2.05) is 36.4 Å². The molecule has 1 aliphatic rings. The lowest BCUT2D eigenvalue weighted by Gasteiger charge is -2.32. The van der Waals surface area contributed by atoms with Crippen molar-refractivity contribution in [2.75, 3.05) is 26.1 Å². The van der Waals surface area contributed by atoms with Crippen molar-refractivity contribution in [3.05, 3.63) is 66.4 Å². The molecular formula is C38H50BN3O6. The lowest BCUT2D eigenvalue weighted by Crippen LogP contribution is -2.41. The van der Waals surface area contributed by atoms with Gasteiger partial charge in [-0.25, -0.2) is 0 Å². The van der Waals surface area contributed by atoms with Gasteiger partial charge < -0.3 is 33.6 Å². The molecule has 0 radical (unpaired) electrons. The quantitative estimate of drug-likeness (QED) is 0.155. The molecule has 10 heteroatoms. The summed E-state index contributed by atoms with van der Waals surface area (Å²) in [5, 5.41) is 13.3. The molecule has 3 aromatic carbocycles. The largest absolute Gasteiger partial charge is 0.497 e. The van der Waals surface area contributed by atoms with Gasteiger partial charge >= 0.3 is 7.12 Å². The molecule has 1 saturated heterocycles. The molecule has 0 amide bonds. The molecule has 0 atom stereocenters. The van der Waals surface area contributed by atoms with Crippen LogP contribution in [-0.4, -0.2) is 60.5 Å². The maximum atomic E-state index is 6.73. The van der Waals surface area contributed by atoms with Gasteiger partial charge in [0.15, 0.2) is 0 Å². The fraction of sp³-hybridized carbons (Fsp3) is 0.474. The standard InChI is InChI=1S/C38H50BN3O6/c1-35(2,3)45-19-18-36(4,5)46-33-17-14-27(39-47-37(6,7)38(8,9)48-39)21-30(33)25-13-16-29-31(20-25)42-41-24-32(29)40-23-26-12-15-28(43-10)22-34(26)44-11/h12-17,20-22,24H,18-19,23H2,1-11H3,(H,40,42). The Morgan fingerprint density at radius 2 is 1.56 bits per heavy atom. The summed E-state index contributed by atoms with van der Waals surface area (Å²) < 4.78 is 36.5. The fourth-order valence-electron chi connectivity index (χ4n) is 5.50. The number of methoxy groups -OCH3 is 2. The molecule has 256 valence electrons. The molecule has 1 fully saturated rings. The first-order chi connectivity index (χ1) is 22.5. The zero-order valence-corrected chi connectivity index (χ0v) is 30.3. The molecule has 0 bridgehead atoms. The maximum absolute atomic E-state index is 6.73. The second-order valence-corrected chi connectivity index (χ2v) is 14.9. The van der Waals surface area contributed by atoms with Crippen molar-refractivity contribution >= 4 is 29.2 Å². The average molecular weight is 656 g/mol. The first-order valence-electron chi connectivity index (χ1n) is 16.5. The smallest absolute Gasteiger partial charge is 0.494 e. The predicted molar refractivity (Wildman–Crippen MR) is 193 cm³/mol. The van der Waals surface area contributed by atoms with Crippen molar-refractivity contribution in [3.8, 4) is 28.4 Å². The number of nitrogens with zero attached hydrogens (tertiary/aromatic N) is 2. The molecule has 1 aliphatic heterocycles. The number of hydrogen-bond donors (Lipinski definition) is 1. The summed E-state index contributed by atoms with van der Waals surface area (Å²) in [7, 11) is 2.79. The summed E-state index contributed by atoms with van der Waals surface area (Å²) in [5.41, 5.74) is 3.78. The van der Waals surface area contributed by atoms with E-state index in [0.717, 1.165) is 62.4 Å². The minimum Gasteiger partial charge on any atom is -0.497 e. The van der Waals surface area contributed by atoms with E-state index in [1.165, 1.54) is 0 Å². The second kappa shape index (κ2) is 13.6. The van der Waals surface area contributed by atoms with Crippen molar-refractivity contribution in [2.45, 2.75) is 97.7 Å². The predicted octanol–water partition coefficient (Wildman–Crippen LogP) is 7.59. The van der Waals surface area contributed by atoms with Gasteiger partial charge in [0.05, 0.1) is 55.0 Å². The monoisotopic (exact) mass is 655 g/mol. The number of hydrogen-bond acceptors (Lipinski definition) is 9. The number of rotatable bonds is 12. The molecule has 1 aromatic heterocycles. The molecule has 48 heavy (non-hydrogen) atoms. The van der Waals surface area contributed by atoms with Gasteiger partial charge in [0.1, 0.15) is 22.8 Å². The summed E-state index contributed by atoms with van der Waals surface area (Å²) >= 11 is 0. The first kappa shape index (κ1) is 35.5. The molecule has 1 N–H and O–H groups in total. The summed E-state index contributed by atoms with van der Waals surface area (Å²) in [5.74, 6) is 2.24. The van der Waals surface area contributed by atoms with Gasteiger partial charge in [-0.2, -0.15) is 10.2 Å². The number of aromatic nitrogens is 2. The van der Waals surface area contributed by atoms with E-state index in [1.54, 1.807) is 20.4 Å². The molecule has 9 nitrogen and oxygen atoms in total. The van der Waals surface area contributed by atoms with Gasteiger partial charge in [0.2, 0.25) is 0 Å². The number of nitrogens with one attached hydrogen (secondary N) is 1. The molecular weight excluding hydrogens is 605 g/mol. The van der Waals surface area contributed by atoms with Crippen LogP contribution in [0.1, 0.15) is 74.3 Å². The molecule has 4 aromatic rings. The third-order valence-electron chi connectivity index (χ3n) is 9.07. The summed E-state index contributed by atoms with van der Waals surface area (Å²) in [6.07, 6.45) is 2.47. The Balaban J connectivity index is 1.48. The van der Waals surface area contributed by atoms with Crippen molar-refractivity contribution in [1.29, 1.82) is 0 Å². The van der Waals surface area contributed by atoms with E-state index in [4.69, 9.17) is 28.3 Å². The Morgan fingerprint density at radius 1 is 0.833 bits per heavy atom. The van der Waals surface area contributed by atoms with E-state index in [9.17, 15) is 0 Å². The van der Waals surface area contributed by atoms with E-state index in [2.05, 4.69) is 96.0 Å². The molecule has 2 heterocycles. The van der Waals surface area contributed by atoms with Crippen LogP contribution in [0.5, 0.6) is 17.2 Å². The Labute approximate surface area is 285 Å². The Hall–Kier alpha value is -3.86. The van der Waals surface area contributed by atoms with Crippen molar-refractivity contribution in [1.82, 2.24) is 10.2 Å². The van der Waals surface area contributed by atoms with Crippen LogP contribution in [0.3, 0.4) is 0 Å². The summed E-state index contributed by atoms with van der Waals surface area (Å²) in [4.78, 5) is 0. The van der Waals surface area contributed by atoms with Crippen LogP contribution in [0.15, 0.2) is 60.8 Å². The second-order valence-electron chi connectivity index (χ2n) is 14.9. The van der Waals surface area contributed by atoms with Gasteiger partial charge in [0, 0.05) is 35.5 Å². The minimum atomic E-state index is -0.512. The Morgan fingerprint density at radius 3 is 2.23 bits per heavy atom. The third-order valence-corrected chi connectivity index (χ3v) is 9.07. The van der Waals surface area contributed by atoms with Crippen molar-refractivity contribution < 1.29 is 28.3 Å². The highest BCUT2D eigenvalue weighted by Gasteiger charge is 2.51. The number of anilines is 1. The van der Waals surface area contributed by atoms with Crippen LogP contribution in [0.4, 0.5) is 5.69 Å². The molecule has 0 saturated carbocycles. The van der Waals surface area contributed by atoms with Crippen LogP contribution < -0.4 is 25.0 Å². The maximum Gasteiger partial charge on any atom is 0.494 e. The number of ether oxygens (including phenoxy) is 4. The van der Waals surface area contributed by atoms with Crippen molar-refractivity contribution in [2.24, 2.45) is 0 Å². The van der Waals surface area contributed by atoms with E-state index in [-0.39, 0.29) is 5.60 Å². The van der Waals surface area contributed by atoms with Gasteiger partial charge in [0.25, 0.3) is 0 Å².